The molecule has 4 heteroatoms. The topological polar surface area (TPSA) is 45.1 Å². The zero-order chi connectivity index (χ0) is 10.6. The lowest BCUT2D eigenvalue weighted by Gasteiger charge is -2.19. The molecule has 0 aromatic carbocycles. The molecule has 1 rings (SSSR count). The molecule has 0 saturated heterocycles. The summed E-state index contributed by atoms with van der Waals surface area (Å²) in [5.41, 5.74) is 0. The number of rotatable bonds is 4. The van der Waals surface area contributed by atoms with Crippen molar-refractivity contribution in [1.29, 1.82) is 0 Å². The van der Waals surface area contributed by atoms with Crippen LogP contribution in [0.2, 0.25) is 0 Å². The summed E-state index contributed by atoms with van der Waals surface area (Å²) in [6.07, 6.45) is 1.41. The van der Waals surface area contributed by atoms with Gasteiger partial charge >= 0.3 is 0 Å². The predicted octanol–water partition coefficient (Wildman–Crippen LogP) is 1.79. The van der Waals surface area contributed by atoms with Crippen molar-refractivity contribution in [3.05, 3.63) is 24.1 Å². The minimum Gasteiger partial charge on any atom is -0.391 e. The van der Waals surface area contributed by atoms with E-state index in [2.05, 4.69) is 10.3 Å². The summed E-state index contributed by atoms with van der Waals surface area (Å²) in [7, 11) is 0. The number of halogens is 1. The Morgan fingerprint density at radius 1 is 1.57 bits per heavy atom. The third-order valence-electron chi connectivity index (χ3n) is 2.10. The highest BCUT2D eigenvalue weighted by Gasteiger charge is 2.11. The van der Waals surface area contributed by atoms with E-state index in [-0.39, 0.29) is 11.9 Å². The van der Waals surface area contributed by atoms with Gasteiger partial charge < -0.3 is 10.4 Å². The molecule has 78 valence electrons. The third-order valence-corrected chi connectivity index (χ3v) is 2.10. The van der Waals surface area contributed by atoms with Crippen molar-refractivity contribution in [2.24, 2.45) is 0 Å². The smallest absolute Gasteiger partial charge is 0.141 e. The summed E-state index contributed by atoms with van der Waals surface area (Å²) in [6.45, 7) is 3.76. The molecule has 0 amide bonds. The fraction of sp³-hybridized carbons (Fsp3) is 0.500. The molecule has 0 aliphatic carbocycles. The number of aliphatic hydroxyl groups excluding tert-OH is 1. The fourth-order valence-corrected chi connectivity index (χ4v) is 1.14. The van der Waals surface area contributed by atoms with Crippen molar-refractivity contribution >= 4 is 5.82 Å². The summed E-state index contributed by atoms with van der Waals surface area (Å²) < 4.78 is 12.5. The molecule has 0 aliphatic rings. The van der Waals surface area contributed by atoms with E-state index in [0.29, 0.717) is 12.2 Å². The number of aliphatic hydroxyl groups is 1. The molecule has 2 N–H and O–H groups in total. The van der Waals surface area contributed by atoms with Crippen LogP contribution in [0.25, 0.3) is 0 Å². The highest BCUT2D eigenvalue weighted by molar-refractivity contribution is 5.34. The van der Waals surface area contributed by atoms with Crippen LogP contribution in [0.1, 0.15) is 20.3 Å². The molecule has 1 aromatic rings. The minimum absolute atomic E-state index is 0.0852. The summed E-state index contributed by atoms with van der Waals surface area (Å²) in [5.74, 6) is 0.214. The molecule has 0 spiro atoms. The molecular formula is C10H15FN2O. The first kappa shape index (κ1) is 10.9. The van der Waals surface area contributed by atoms with E-state index in [4.69, 9.17) is 0 Å². The Bertz CT molecular complexity index is 276. The zero-order valence-electron chi connectivity index (χ0n) is 8.37. The van der Waals surface area contributed by atoms with Gasteiger partial charge in [0.2, 0.25) is 0 Å². The molecule has 14 heavy (non-hydrogen) atoms. The Kier molecular flexibility index (Phi) is 3.83. The second kappa shape index (κ2) is 4.91. The lowest BCUT2D eigenvalue weighted by Crippen LogP contribution is -2.30. The first-order valence-corrected chi connectivity index (χ1v) is 4.69. The van der Waals surface area contributed by atoms with Gasteiger partial charge in [-0.25, -0.2) is 9.37 Å². The molecule has 2 unspecified atom stereocenters. The predicted molar refractivity (Wildman–Crippen MR) is 53.6 cm³/mol. The summed E-state index contributed by atoms with van der Waals surface area (Å²) in [5, 5.41) is 12.5. The second-order valence-corrected chi connectivity index (χ2v) is 3.27. The zero-order valence-corrected chi connectivity index (χ0v) is 8.37. The van der Waals surface area contributed by atoms with Crippen molar-refractivity contribution in [2.75, 3.05) is 5.32 Å². The maximum Gasteiger partial charge on any atom is 0.141 e. The Balaban J connectivity index is 2.56. The summed E-state index contributed by atoms with van der Waals surface area (Å²) >= 11 is 0. The molecule has 2 atom stereocenters. The first-order valence-electron chi connectivity index (χ1n) is 4.69. The van der Waals surface area contributed by atoms with E-state index in [9.17, 15) is 9.50 Å². The Morgan fingerprint density at radius 2 is 2.29 bits per heavy atom. The number of hydrogen-bond donors (Lipinski definition) is 2. The van der Waals surface area contributed by atoms with E-state index < -0.39 is 6.10 Å². The van der Waals surface area contributed by atoms with Crippen LogP contribution in [-0.2, 0) is 0 Å². The lowest BCUT2D eigenvalue weighted by atomic mass is 10.1. The quantitative estimate of drug-likeness (QED) is 0.775. The van der Waals surface area contributed by atoms with Crippen molar-refractivity contribution in [2.45, 2.75) is 32.4 Å². The van der Waals surface area contributed by atoms with E-state index in [1.807, 2.05) is 13.8 Å². The number of nitrogens with one attached hydrogen (secondary N) is 1. The summed E-state index contributed by atoms with van der Waals surface area (Å²) in [4.78, 5) is 3.84. The van der Waals surface area contributed by atoms with Gasteiger partial charge in [-0.1, -0.05) is 6.92 Å². The largest absolute Gasteiger partial charge is 0.391 e. The van der Waals surface area contributed by atoms with Crippen LogP contribution < -0.4 is 5.32 Å². The maximum atomic E-state index is 12.5. The molecule has 0 aliphatic heterocycles. The number of anilines is 1. The van der Waals surface area contributed by atoms with Gasteiger partial charge in [-0.05, 0) is 25.5 Å². The van der Waals surface area contributed by atoms with Crippen LogP contribution in [-0.4, -0.2) is 22.2 Å². The van der Waals surface area contributed by atoms with Gasteiger partial charge in [0.15, 0.2) is 0 Å². The van der Waals surface area contributed by atoms with Crippen LogP contribution in [0.4, 0.5) is 10.2 Å². The van der Waals surface area contributed by atoms with E-state index in [1.54, 1.807) is 6.07 Å². The van der Waals surface area contributed by atoms with Crippen molar-refractivity contribution < 1.29 is 9.50 Å². The average molecular weight is 198 g/mol. The number of aromatic nitrogens is 1. The van der Waals surface area contributed by atoms with Gasteiger partial charge in [0.25, 0.3) is 0 Å². The molecule has 0 fully saturated rings. The van der Waals surface area contributed by atoms with Crippen LogP contribution >= 0.6 is 0 Å². The van der Waals surface area contributed by atoms with Crippen molar-refractivity contribution in [3.8, 4) is 0 Å². The normalized spacial score (nSPS) is 14.9. The minimum atomic E-state index is -0.415. The first-order chi connectivity index (χ1) is 6.63. The van der Waals surface area contributed by atoms with Crippen LogP contribution in [0.15, 0.2) is 18.3 Å². The van der Waals surface area contributed by atoms with Gasteiger partial charge in [0.05, 0.1) is 18.3 Å². The molecule has 3 nitrogen and oxygen atoms in total. The number of hydrogen-bond acceptors (Lipinski definition) is 3. The van der Waals surface area contributed by atoms with Gasteiger partial charge in [-0.15, -0.1) is 0 Å². The second-order valence-electron chi connectivity index (χ2n) is 3.27. The fourth-order valence-electron chi connectivity index (χ4n) is 1.14. The Morgan fingerprint density at radius 3 is 2.79 bits per heavy atom. The van der Waals surface area contributed by atoms with Gasteiger partial charge in [-0.2, -0.15) is 0 Å². The van der Waals surface area contributed by atoms with E-state index in [0.717, 1.165) is 6.20 Å². The molecular weight excluding hydrogens is 183 g/mol. The van der Waals surface area contributed by atoms with Crippen LogP contribution in [0.3, 0.4) is 0 Å². The third kappa shape index (κ3) is 2.96. The van der Waals surface area contributed by atoms with Crippen LogP contribution in [0.5, 0.6) is 0 Å². The standard InChI is InChI=1S/C10H15FN2O/c1-3-9(14)7(2)13-10-5-4-8(11)6-12-10/h4-7,9,14H,3H2,1-2H3,(H,12,13). The maximum absolute atomic E-state index is 12.5. The van der Waals surface area contributed by atoms with Crippen LogP contribution in [0, 0.1) is 5.82 Å². The molecule has 0 saturated carbocycles. The van der Waals surface area contributed by atoms with Crippen molar-refractivity contribution in [1.82, 2.24) is 4.98 Å². The molecule has 1 heterocycles. The van der Waals surface area contributed by atoms with Crippen molar-refractivity contribution in [3.63, 3.8) is 0 Å². The van der Waals surface area contributed by atoms with Gasteiger partial charge in [-0.3, -0.25) is 0 Å². The van der Waals surface area contributed by atoms with E-state index >= 15 is 0 Å². The summed E-state index contributed by atoms with van der Waals surface area (Å²) in [6, 6.07) is 2.80. The Hall–Kier alpha value is -1.16. The highest BCUT2D eigenvalue weighted by Crippen LogP contribution is 2.08. The SMILES string of the molecule is CCC(O)C(C)Nc1ccc(F)cn1. The van der Waals surface area contributed by atoms with Gasteiger partial charge in [0.1, 0.15) is 11.6 Å². The Labute approximate surface area is 83.0 Å². The molecule has 1 aromatic heterocycles. The monoisotopic (exact) mass is 198 g/mol. The number of pyridine rings is 1. The lowest BCUT2D eigenvalue weighted by molar-refractivity contribution is 0.154. The molecule has 0 bridgehead atoms. The van der Waals surface area contributed by atoms with E-state index in [1.165, 1.54) is 6.07 Å². The number of nitrogens with zero attached hydrogens (tertiary/aromatic N) is 1. The van der Waals surface area contributed by atoms with Gasteiger partial charge in [0, 0.05) is 0 Å². The average Bonchev–Trinajstić information content (AvgIpc) is 2.20. The molecule has 0 radical (unpaired) electrons. The highest BCUT2D eigenvalue weighted by atomic mass is 19.1.